The summed E-state index contributed by atoms with van der Waals surface area (Å²) in [6.45, 7) is 0. The van der Waals surface area contributed by atoms with Gasteiger partial charge in [-0.25, -0.2) is 15.0 Å². The van der Waals surface area contributed by atoms with Crippen molar-refractivity contribution in [3.63, 3.8) is 0 Å². The highest BCUT2D eigenvalue weighted by Gasteiger charge is 2.10. The van der Waals surface area contributed by atoms with E-state index < -0.39 is 0 Å². The normalized spacial score (nSPS) is 11.3. The fraction of sp³-hybridized carbons (Fsp3) is 0.0400. The second kappa shape index (κ2) is 8.42. The van der Waals surface area contributed by atoms with Crippen molar-refractivity contribution in [2.75, 3.05) is 0 Å². The Morgan fingerprint density at radius 1 is 0.806 bits per heavy atom. The number of para-hydroxylation sites is 4. The van der Waals surface area contributed by atoms with Gasteiger partial charge in [0.2, 0.25) is 0 Å². The number of hydrogen-bond donors (Lipinski definition) is 1. The Kier molecular flexibility index (Phi) is 5.17. The zero-order chi connectivity index (χ0) is 21.0. The average Bonchev–Trinajstić information content (AvgIpc) is 3.24. The summed E-state index contributed by atoms with van der Waals surface area (Å²) in [5.74, 6) is 1.57. The molecule has 1 N–H and O–H groups in total. The Balaban J connectivity index is 1.46. The molecule has 0 unspecified atom stereocenters. The summed E-state index contributed by atoms with van der Waals surface area (Å²) >= 11 is 1.61. The number of aromatic nitrogens is 4. The highest BCUT2D eigenvalue weighted by Crippen LogP contribution is 2.27. The van der Waals surface area contributed by atoms with E-state index in [-0.39, 0.29) is 0 Å². The molecule has 0 aliphatic heterocycles. The lowest BCUT2D eigenvalue weighted by atomic mass is 10.1. The highest BCUT2D eigenvalue weighted by atomic mass is 32.2. The predicted molar refractivity (Wildman–Crippen MR) is 125 cm³/mol. The first kappa shape index (κ1) is 19.0. The summed E-state index contributed by atoms with van der Waals surface area (Å²) in [5, 5.41) is 9.83. The van der Waals surface area contributed by atoms with Crippen molar-refractivity contribution in [3.05, 3.63) is 95.4 Å². The highest BCUT2D eigenvalue weighted by molar-refractivity contribution is 7.98. The van der Waals surface area contributed by atoms with E-state index in [0.29, 0.717) is 11.3 Å². The van der Waals surface area contributed by atoms with Gasteiger partial charge in [0.1, 0.15) is 10.9 Å². The van der Waals surface area contributed by atoms with Crippen LogP contribution in [0.2, 0.25) is 0 Å². The molecule has 0 aliphatic rings. The fourth-order valence-corrected chi connectivity index (χ4v) is 4.10. The van der Waals surface area contributed by atoms with Gasteiger partial charge in [0.15, 0.2) is 0 Å². The van der Waals surface area contributed by atoms with Crippen molar-refractivity contribution in [3.8, 4) is 6.07 Å². The molecule has 0 saturated heterocycles. The van der Waals surface area contributed by atoms with Crippen LogP contribution >= 0.6 is 11.8 Å². The number of nitrogens with zero attached hydrogens (tertiary/aromatic N) is 4. The zero-order valence-corrected chi connectivity index (χ0v) is 17.3. The van der Waals surface area contributed by atoms with Gasteiger partial charge in [0.25, 0.3) is 0 Å². The minimum absolute atomic E-state index is 0.643. The molecule has 3 aromatic carbocycles. The molecule has 5 rings (SSSR count). The molecule has 2 aromatic heterocycles. The van der Waals surface area contributed by atoms with Gasteiger partial charge < -0.3 is 4.98 Å². The Morgan fingerprint density at radius 2 is 1.52 bits per heavy atom. The van der Waals surface area contributed by atoms with Crippen LogP contribution in [-0.4, -0.2) is 19.9 Å². The third kappa shape index (κ3) is 4.18. The number of nitriles is 1. The van der Waals surface area contributed by atoms with Crippen LogP contribution in [0.5, 0.6) is 0 Å². The molecule has 6 heteroatoms. The van der Waals surface area contributed by atoms with E-state index in [2.05, 4.69) is 16.0 Å². The van der Waals surface area contributed by atoms with Gasteiger partial charge in [-0.1, -0.05) is 54.2 Å². The summed E-state index contributed by atoms with van der Waals surface area (Å²) in [6.07, 6.45) is 3.97. The number of fused-ring (bicyclic) bond motifs is 2. The molecule has 0 aliphatic carbocycles. The first-order valence-corrected chi connectivity index (χ1v) is 10.8. The molecule has 0 amide bonds. The summed E-state index contributed by atoms with van der Waals surface area (Å²) in [7, 11) is 0. The monoisotopic (exact) mass is 419 g/mol. The van der Waals surface area contributed by atoms with Gasteiger partial charge in [0, 0.05) is 0 Å². The largest absolute Gasteiger partial charge is 0.341 e. The summed E-state index contributed by atoms with van der Waals surface area (Å²) < 4.78 is 0. The molecule has 0 radical (unpaired) electrons. The zero-order valence-electron chi connectivity index (χ0n) is 16.5. The SMILES string of the molecule is N#Cc1ccc(/C=C/c2nc3ccccc3nc2SCc2nc3ccccc3[nH]2)cc1. The Bertz CT molecular complexity index is 1410. The second-order valence-corrected chi connectivity index (χ2v) is 7.92. The Morgan fingerprint density at radius 3 is 2.26 bits per heavy atom. The van der Waals surface area contributed by atoms with E-state index in [4.69, 9.17) is 15.2 Å². The summed E-state index contributed by atoms with van der Waals surface area (Å²) in [6, 6.07) is 25.5. The second-order valence-electron chi connectivity index (χ2n) is 6.96. The smallest absolute Gasteiger partial charge is 0.123 e. The van der Waals surface area contributed by atoms with Crippen LogP contribution < -0.4 is 0 Å². The average molecular weight is 420 g/mol. The lowest BCUT2D eigenvalue weighted by Gasteiger charge is -2.06. The molecular formula is C25H17N5S. The molecule has 0 saturated carbocycles. The van der Waals surface area contributed by atoms with Crippen molar-refractivity contribution >= 4 is 46.0 Å². The lowest BCUT2D eigenvalue weighted by molar-refractivity contribution is 1.08. The number of hydrogen-bond acceptors (Lipinski definition) is 5. The van der Waals surface area contributed by atoms with Crippen molar-refractivity contribution in [1.29, 1.82) is 5.26 Å². The topological polar surface area (TPSA) is 78.2 Å². The molecule has 0 spiro atoms. The first-order chi connectivity index (χ1) is 15.3. The minimum Gasteiger partial charge on any atom is -0.341 e. The molecular weight excluding hydrogens is 402 g/mol. The standard InChI is InChI=1S/C25H17N5S/c26-15-18-11-9-17(10-12-18)13-14-23-25(30-22-8-4-1-5-19(22)27-23)31-16-24-28-20-6-2-3-7-21(20)29-24/h1-14H,16H2,(H,28,29)/b14-13+. The Labute approximate surface area is 183 Å². The third-order valence-electron chi connectivity index (χ3n) is 4.82. The van der Waals surface area contributed by atoms with Gasteiger partial charge >= 0.3 is 0 Å². The molecule has 31 heavy (non-hydrogen) atoms. The molecule has 5 aromatic rings. The Hall–Kier alpha value is -3.95. The van der Waals surface area contributed by atoms with Crippen LogP contribution in [0, 0.1) is 11.3 Å². The van der Waals surface area contributed by atoms with Crippen molar-refractivity contribution < 1.29 is 0 Å². The first-order valence-electron chi connectivity index (χ1n) is 9.80. The maximum atomic E-state index is 8.98. The van der Waals surface area contributed by atoms with E-state index in [0.717, 1.165) is 44.2 Å². The van der Waals surface area contributed by atoms with E-state index >= 15 is 0 Å². The quantitative estimate of drug-likeness (QED) is 0.362. The van der Waals surface area contributed by atoms with Crippen LogP contribution in [0.3, 0.4) is 0 Å². The van der Waals surface area contributed by atoms with Gasteiger partial charge in [0.05, 0.1) is 45.1 Å². The predicted octanol–water partition coefficient (Wildman–Crippen LogP) is 5.84. The van der Waals surface area contributed by atoms with Gasteiger partial charge in [-0.2, -0.15) is 5.26 Å². The molecule has 0 fully saturated rings. The van der Waals surface area contributed by atoms with Crippen molar-refractivity contribution in [2.24, 2.45) is 0 Å². The third-order valence-corrected chi connectivity index (χ3v) is 5.81. The number of H-pyrrole nitrogens is 1. The number of rotatable bonds is 5. The molecule has 5 nitrogen and oxygen atoms in total. The molecule has 2 heterocycles. The van der Waals surface area contributed by atoms with E-state index in [1.807, 2.05) is 84.9 Å². The number of benzene rings is 3. The van der Waals surface area contributed by atoms with Gasteiger partial charge in [-0.05, 0) is 48.0 Å². The maximum Gasteiger partial charge on any atom is 0.123 e. The van der Waals surface area contributed by atoms with Crippen molar-refractivity contribution in [2.45, 2.75) is 10.8 Å². The van der Waals surface area contributed by atoms with Crippen LogP contribution in [-0.2, 0) is 5.75 Å². The van der Waals surface area contributed by atoms with E-state index in [9.17, 15) is 0 Å². The number of thioether (sulfide) groups is 1. The number of nitrogens with one attached hydrogen (secondary N) is 1. The summed E-state index contributed by atoms with van der Waals surface area (Å²) in [4.78, 5) is 17.7. The summed E-state index contributed by atoms with van der Waals surface area (Å²) in [5.41, 5.74) is 6.17. The van der Waals surface area contributed by atoms with Crippen LogP contribution in [0.4, 0.5) is 0 Å². The minimum atomic E-state index is 0.643. The van der Waals surface area contributed by atoms with Crippen LogP contribution in [0.15, 0.2) is 77.8 Å². The fourth-order valence-electron chi connectivity index (χ4n) is 3.27. The molecule has 0 bridgehead atoms. The van der Waals surface area contributed by atoms with Gasteiger partial charge in [-0.3, -0.25) is 0 Å². The van der Waals surface area contributed by atoms with Crippen LogP contribution in [0.25, 0.3) is 34.2 Å². The van der Waals surface area contributed by atoms with Gasteiger partial charge in [-0.15, -0.1) is 0 Å². The van der Waals surface area contributed by atoms with Crippen LogP contribution in [0.1, 0.15) is 22.6 Å². The van der Waals surface area contributed by atoms with Crippen molar-refractivity contribution in [1.82, 2.24) is 19.9 Å². The van der Waals surface area contributed by atoms with E-state index in [1.165, 1.54) is 0 Å². The maximum absolute atomic E-state index is 8.98. The lowest BCUT2D eigenvalue weighted by Crippen LogP contribution is -1.94. The molecule has 148 valence electrons. The van der Waals surface area contributed by atoms with E-state index in [1.54, 1.807) is 11.8 Å². The molecule has 0 atom stereocenters. The number of aromatic amines is 1. The number of imidazole rings is 1.